The molecule has 0 bridgehead atoms. The van der Waals surface area contributed by atoms with Gasteiger partial charge in [0.15, 0.2) is 11.5 Å². The first-order chi connectivity index (χ1) is 28.0. The lowest BCUT2D eigenvalue weighted by molar-refractivity contribution is -0.149. The molecule has 8 rings (SSSR count). The summed E-state index contributed by atoms with van der Waals surface area (Å²) < 4.78 is 67.6. The zero-order chi connectivity index (χ0) is 40.6. The van der Waals surface area contributed by atoms with Crippen LogP contribution in [0.2, 0.25) is 0 Å². The number of carbonyl (C=O) groups is 2. The highest BCUT2D eigenvalue weighted by Crippen LogP contribution is 2.69. The number of benzene rings is 5. The fraction of sp³-hybridized carbons (Fsp3) is 0.0500. The van der Waals surface area contributed by atoms with Gasteiger partial charge in [0.1, 0.15) is 33.1 Å². The van der Waals surface area contributed by atoms with Crippen LogP contribution in [0.1, 0.15) is 11.1 Å². The van der Waals surface area contributed by atoms with Gasteiger partial charge in [-0.1, -0.05) is 144 Å². The summed E-state index contributed by atoms with van der Waals surface area (Å²) in [5.74, 6) is -1.76. The van der Waals surface area contributed by atoms with Gasteiger partial charge in [-0.2, -0.15) is 27.4 Å². The van der Waals surface area contributed by atoms with Crippen molar-refractivity contribution >= 4 is 79.1 Å². The molecule has 5 aromatic rings. The van der Waals surface area contributed by atoms with Crippen LogP contribution in [0.4, 0.5) is 0 Å². The predicted molar refractivity (Wildman–Crippen MR) is 218 cm³/mol. The van der Waals surface area contributed by atoms with Crippen molar-refractivity contribution in [2.75, 3.05) is 0 Å². The molecule has 0 aromatic heterocycles. The van der Waals surface area contributed by atoms with Crippen molar-refractivity contribution in [2.24, 2.45) is 0 Å². The Morgan fingerprint density at radius 2 is 0.879 bits per heavy atom. The summed E-state index contributed by atoms with van der Waals surface area (Å²) in [5, 5.41) is 22.3. The summed E-state index contributed by atoms with van der Waals surface area (Å²) in [4.78, 5) is 28.8. The van der Waals surface area contributed by atoms with E-state index in [1.807, 2.05) is 72.8 Å². The first-order valence-corrected chi connectivity index (χ1v) is 23.0. The van der Waals surface area contributed by atoms with E-state index in [0.717, 1.165) is 58.2 Å². The molecule has 0 radical (unpaired) electrons. The summed E-state index contributed by atoms with van der Waals surface area (Å²) in [6.45, 7) is 0.114. The molecule has 0 N–H and O–H groups in total. The Labute approximate surface area is 350 Å². The lowest BCUT2D eigenvalue weighted by Gasteiger charge is -2.27. The molecule has 288 valence electrons. The lowest BCUT2D eigenvalue weighted by Crippen LogP contribution is -2.39. The largest absolute Gasteiger partial charge is 0.376 e. The van der Waals surface area contributed by atoms with Crippen LogP contribution in [0.15, 0.2) is 170 Å². The van der Waals surface area contributed by atoms with Crippen molar-refractivity contribution in [2.45, 2.75) is 42.5 Å². The van der Waals surface area contributed by atoms with Gasteiger partial charge < -0.3 is 8.37 Å². The Kier molecular flexibility index (Phi) is 10.8. The molecule has 18 heteroatoms. The van der Waals surface area contributed by atoms with Crippen LogP contribution in [-0.2, 0) is 42.9 Å². The molecule has 0 saturated carbocycles. The first kappa shape index (κ1) is 39.2. The van der Waals surface area contributed by atoms with Crippen molar-refractivity contribution in [3.8, 4) is 23.6 Å². The number of hydrogen-bond acceptors (Lipinski definition) is 14. The van der Waals surface area contributed by atoms with Gasteiger partial charge >= 0.3 is 20.2 Å². The fourth-order valence-corrected chi connectivity index (χ4v) is 13.4. The van der Waals surface area contributed by atoms with Gasteiger partial charge in [-0.3, -0.25) is 9.59 Å². The van der Waals surface area contributed by atoms with Crippen LogP contribution in [0.5, 0.6) is 11.5 Å². The molecule has 1 saturated heterocycles. The van der Waals surface area contributed by atoms with Crippen molar-refractivity contribution in [3.63, 3.8) is 0 Å². The van der Waals surface area contributed by atoms with E-state index in [9.17, 15) is 36.9 Å². The van der Waals surface area contributed by atoms with E-state index in [1.54, 1.807) is 12.1 Å². The molecule has 58 heavy (non-hydrogen) atoms. The number of carbonyl (C=O) groups excluding carboxylic acids is 2. The second-order valence-electron chi connectivity index (χ2n) is 12.3. The normalized spacial score (nSPS) is 14.9. The summed E-state index contributed by atoms with van der Waals surface area (Å²) in [6.07, 6.45) is 0. The number of nitriles is 2. The van der Waals surface area contributed by atoms with Crippen LogP contribution in [-0.4, -0.2) is 38.7 Å². The predicted octanol–water partition coefficient (Wildman–Crippen LogP) is 8.07. The zero-order valence-electron chi connectivity index (χ0n) is 29.5. The number of amides is 2. The molecule has 3 heterocycles. The number of fused-ring (bicyclic) bond motifs is 2. The molecule has 1 fully saturated rings. The van der Waals surface area contributed by atoms with Crippen molar-refractivity contribution < 1.29 is 34.8 Å². The standard InChI is InChI=1S/C40H24N4O8S6/c41-21-27(22-42)39-53-33-31(51-57(47,48)28-17-9-3-10-18-28)35-36(32(34(33)54-39)52-58(49,50)29-19-11-4-12-20-29)56-40(55-35)30-37(45)43(23-25-13-5-1-6-14-25)44(38(30)46)24-26-15-7-2-8-16-26/h1-20H,23-24H2. The molecule has 0 unspecified atom stereocenters. The number of hydrogen-bond donors (Lipinski definition) is 0. The molecule has 3 aliphatic heterocycles. The Balaban J connectivity index is 1.32. The molecule has 2 amide bonds. The van der Waals surface area contributed by atoms with Crippen LogP contribution >= 0.6 is 47.0 Å². The minimum Gasteiger partial charge on any atom is -0.376 e. The van der Waals surface area contributed by atoms with Gasteiger partial charge in [0.25, 0.3) is 11.8 Å². The molecule has 0 spiro atoms. The smallest absolute Gasteiger partial charge is 0.339 e. The van der Waals surface area contributed by atoms with Gasteiger partial charge in [0.05, 0.1) is 41.1 Å². The van der Waals surface area contributed by atoms with E-state index in [4.69, 9.17) is 8.37 Å². The Morgan fingerprint density at radius 3 is 1.24 bits per heavy atom. The highest BCUT2D eigenvalue weighted by molar-refractivity contribution is 8.26. The van der Waals surface area contributed by atoms with Gasteiger partial charge in [0, 0.05) is 0 Å². The third-order valence-electron chi connectivity index (χ3n) is 8.64. The van der Waals surface area contributed by atoms with Crippen molar-refractivity contribution in [3.05, 3.63) is 152 Å². The van der Waals surface area contributed by atoms with E-state index < -0.39 is 32.1 Å². The number of hydrazine groups is 1. The monoisotopic (exact) mass is 880 g/mol. The molecule has 0 atom stereocenters. The highest BCUT2D eigenvalue weighted by Gasteiger charge is 2.47. The third-order valence-corrected chi connectivity index (χ3v) is 16.3. The van der Waals surface area contributed by atoms with Crippen molar-refractivity contribution in [1.29, 1.82) is 10.5 Å². The van der Waals surface area contributed by atoms with Crippen molar-refractivity contribution in [1.82, 2.24) is 10.0 Å². The fourth-order valence-electron chi connectivity index (χ4n) is 5.93. The zero-order valence-corrected chi connectivity index (χ0v) is 34.4. The third kappa shape index (κ3) is 7.46. The molecular formula is C40H24N4O8S6. The van der Waals surface area contributed by atoms with Crippen LogP contribution < -0.4 is 8.37 Å². The van der Waals surface area contributed by atoms with Gasteiger partial charge in [-0.15, -0.1) is 0 Å². The molecule has 0 aliphatic carbocycles. The average molecular weight is 881 g/mol. The minimum absolute atomic E-state index is 0.0468. The van der Waals surface area contributed by atoms with E-state index in [1.165, 1.54) is 58.5 Å². The van der Waals surface area contributed by atoms with E-state index >= 15 is 0 Å². The van der Waals surface area contributed by atoms with E-state index in [-0.39, 0.29) is 73.6 Å². The van der Waals surface area contributed by atoms with Gasteiger partial charge in [-0.25, -0.2) is 10.0 Å². The maximum absolute atomic E-state index is 14.5. The quantitative estimate of drug-likeness (QED) is 0.0570. The number of rotatable bonds is 10. The summed E-state index contributed by atoms with van der Waals surface area (Å²) in [6, 6.07) is 36.6. The number of thioether (sulfide) groups is 4. The maximum atomic E-state index is 14.5. The number of allylic oxidation sites excluding steroid dienone is 1. The summed E-state index contributed by atoms with van der Waals surface area (Å²) >= 11 is 3.40. The molecule has 5 aromatic carbocycles. The second kappa shape index (κ2) is 16.0. The SMILES string of the molecule is N#CC(C#N)=C1Sc2c(OS(=O)(=O)c3ccccc3)c3c(c(OS(=O)(=O)c4ccccc4)c2S1)SC(=C1C(=O)N(Cc2ccccc2)N(Cc2ccccc2)C1=O)S3. The average Bonchev–Trinajstić information content (AvgIpc) is 3.93. The van der Waals surface area contributed by atoms with E-state index in [2.05, 4.69) is 0 Å². The highest BCUT2D eigenvalue weighted by atomic mass is 32.2. The summed E-state index contributed by atoms with van der Waals surface area (Å²) in [5.41, 5.74) is 0.997. The Morgan fingerprint density at radius 1 is 0.534 bits per heavy atom. The van der Waals surface area contributed by atoms with Gasteiger partial charge in [0.2, 0.25) is 0 Å². The molecule has 12 nitrogen and oxygen atoms in total. The topological polar surface area (TPSA) is 175 Å². The van der Waals surface area contributed by atoms with Crippen LogP contribution in [0.3, 0.4) is 0 Å². The first-order valence-electron chi connectivity index (χ1n) is 16.9. The summed E-state index contributed by atoms with van der Waals surface area (Å²) in [7, 11) is -9.12. The second-order valence-corrected chi connectivity index (χ2v) is 20.0. The Bertz CT molecular complexity index is 2690. The van der Waals surface area contributed by atoms with Crippen LogP contribution in [0.25, 0.3) is 0 Å². The molecule has 3 aliphatic rings. The number of nitrogens with zero attached hydrogens (tertiary/aromatic N) is 4. The van der Waals surface area contributed by atoms with E-state index in [0.29, 0.717) is 0 Å². The lowest BCUT2D eigenvalue weighted by atomic mass is 10.2. The Hall–Kier alpha value is -5.60. The molecular weight excluding hydrogens is 857 g/mol. The maximum Gasteiger partial charge on any atom is 0.339 e. The van der Waals surface area contributed by atoms with Crippen LogP contribution in [0, 0.1) is 22.7 Å². The van der Waals surface area contributed by atoms with Gasteiger partial charge in [-0.05, 0) is 35.4 Å². The minimum atomic E-state index is -4.56.